The molecule has 2 aliphatic heterocycles. The second-order valence-electron chi connectivity index (χ2n) is 27.8. The van der Waals surface area contributed by atoms with E-state index in [9.17, 15) is 5.48 Å². The lowest BCUT2D eigenvalue weighted by molar-refractivity contribution is 0.590. The summed E-state index contributed by atoms with van der Waals surface area (Å²) >= 11 is 0. The first-order chi connectivity index (χ1) is 49.5. The molecule has 0 bridgehead atoms. The minimum absolute atomic E-state index is 0.0815. The van der Waals surface area contributed by atoms with Crippen LogP contribution in [-0.4, -0.2) is 25.8 Å². The molecule has 462 valence electrons. The summed E-state index contributed by atoms with van der Waals surface area (Å²) in [6, 6.07) is 89.2. The van der Waals surface area contributed by atoms with Crippen LogP contribution < -0.4 is 26.2 Å². The first kappa shape index (κ1) is 52.6. The zero-order valence-corrected chi connectivity index (χ0v) is 54.8. The molecule has 6 nitrogen and oxygen atoms in total. The van der Waals surface area contributed by atoms with Gasteiger partial charge in [0.05, 0.1) is 40.3 Å². The Morgan fingerprint density at radius 3 is 1.06 bits per heavy atom. The van der Waals surface area contributed by atoms with Gasteiger partial charge in [0.2, 0.25) is 0 Å². The maximum absolute atomic E-state index is 10.00. The van der Waals surface area contributed by atoms with E-state index in [1.54, 1.807) is 0 Å². The summed E-state index contributed by atoms with van der Waals surface area (Å²) in [7, 11) is 0. The highest BCUT2D eigenvalue weighted by molar-refractivity contribution is 7.00. The maximum Gasteiger partial charge on any atom is 0.252 e. The van der Waals surface area contributed by atoms with Crippen molar-refractivity contribution in [3.05, 3.63) is 321 Å². The molecule has 16 aromatic rings. The van der Waals surface area contributed by atoms with E-state index in [1.165, 1.54) is 21.9 Å². The Kier molecular flexibility index (Phi) is 12.2. The Hall–Kier alpha value is -11.8. The van der Waals surface area contributed by atoms with Crippen LogP contribution in [-0.2, 0) is 10.8 Å². The lowest BCUT2D eigenvalue weighted by atomic mass is 9.33. The molecule has 0 saturated heterocycles. The van der Waals surface area contributed by atoms with Gasteiger partial charge in [-0.2, -0.15) is 0 Å². The Balaban J connectivity index is 1.04. The zero-order chi connectivity index (χ0) is 69.6. The van der Waals surface area contributed by atoms with Gasteiger partial charge < -0.3 is 18.9 Å². The number of hydrogen-bond donors (Lipinski definition) is 0. The van der Waals surface area contributed by atoms with E-state index in [-0.39, 0.29) is 28.5 Å². The molecule has 97 heavy (non-hydrogen) atoms. The summed E-state index contributed by atoms with van der Waals surface area (Å²) in [4.78, 5) is 15.1. The van der Waals surface area contributed by atoms with Crippen LogP contribution in [0.4, 0.5) is 34.1 Å². The Labute approximate surface area is 573 Å². The van der Waals surface area contributed by atoms with Crippen LogP contribution in [0.25, 0.3) is 111 Å². The summed E-state index contributed by atoms with van der Waals surface area (Å²) in [5.41, 5.74) is 24.2. The molecular weight excluding hydrogens is 1180 g/mol. The van der Waals surface area contributed by atoms with E-state index < -0.39 is 24.8 Å². The van der Waals surface area contributed by atoms with Crippen molar-refractivity contribution in [2.45, 2.75) is 52.4 Å². The van der Waals surface area contributed by atoms with E-state index >= 15 is 0 Å². The highest BCUT2D eigenvalue weighted by atomic mass is 15.2. The number of hydrogen-bond acceptors (Lipinski definition) is 4. The average molecular weight is 1250 g/mol. The first-order valence-electron chi connectivity index (χ1n) is 35.9. The molecule has 0 N–H and O–H groups in total. The van der Waals surface area contributed by atoms with Crippen LogP contribution in [0.2, 0.25) is 0 Å². The summed E-state index contributed by atoms with van der Waals surface area (Å²) in [6.07, 6.45) is 7.87. The third-order valence-electron chi connectivity index (χ3n) is 20.0. The molecule has 0 saturated carbocycles. The lowest BCUT2D eigenvalue weighted by Crippen LogP contribution is -2.61. The van der Waals surface area contributed by atoms with Gasteiger partial charge in [0.25, 0.3) is 6.71 Å². The van der Waals surface area contributed by atoms with Crippen molar-refractivity contribution in [1.82, 2.24) is 19.1 Å². The summed E-state index contributed by atoms with van der Waals surface area (Å²) in [6.45, 7) is 13.2. The molecule has 18 rings (SSSR count). The number of nitrogens with zero attached hydrogens (tertiary/aromatic N) is 6. The number of pyridine rings is 2. The Bertz CT molecular complexity index is 5850. The van der Waals surface area contributed by atoms with Gasteiger partial charge in [0.15, 0.2) is 0 Å². The highest BCUT2D eigenvalue weighted by Crippen LogP contribution is 2.54. The lowest BCUT2D eigenvalue weighted by Gasteiger charge is -2.46. The number of fused-ring (bicyclic) bond motifs is 10. The van der Waals surface area contributed by atoms with Gasteiger partial charge >= 0.3 is 0 Å². The number of rotatable bonds is 9. The average Bonchev–Trinajstić information content (AvgIpc) is 1.01. The SMILES string of the molecule is [2H]c1c([2H])c([2H])c(-c2cc3c4c(c2)N(c2c(-c5ccccc5)cncc2-c2ccccc2)c2cc(-n5c6ccc(C(C)(C)C)cc6c6cc(C(C)(C)C)ccc65)ccc2B4c2ccc(-n4c5ccccc5c5ccccc54)cc2N3c2c(-c3ccccc3)cncc2-c2ccccc2)c([2H])c1[2H]. The van der Waals surface area contributed by atoms with Crippen LogP contribution in [0.5, 0.6) is 0 Å². The van der Waals surface area contributed by atoms with Crippen molar-refractivity contribution in [2.24, 2.45) is 0 Å². The largest absolute Gasteiger partial charge is 0.310 e. The van der Waals surface area contributed by atoms with Crippen LogP contribution >= 0.6 is 0 Å². The fourth-order valence-electron chi connectivity index (χ4n) is 15.4. The smallest absolute Gasteiger partial charge is 0.252 e. The van der Waals surface area contributed by atoms with Gasteiger partial charge in [-0.3, -0.25) is 9.97 Å². The monoisotopic (exact) mass is 1250 g/mol. The fraction of sp³-hybridized carbons (Fsp3) is 0.0889. The first-order valence-corrected chi connectivity index (χ1v) is 33.4. The molecule has 0 aliphatic carbocycles. The van der Waals surface area contributed by atoms with Gasteiger partial charge in [0.1, 0.15) is 0 Å². The molecule has 0 amide bonds. The third kappa shape index (κ3) is 9.39. The molecule has 2 aliphatic rings. The normalized spacial score (nSPS) is 13.5. The molecular formula is C90H69BN6. The van der Waals surface area contributed by atoms with Crippen LogP contribution in [0.1, 0.15) is 59.5 Å². The molecule has 0 fully saturated rings. The Morgan fingerprint density at radius 2 is 0.680 bits per heavy atom. The van der Waals surface area contributed by atoms with Crippen LogP contribution in [0.3, 0.4) is 0 Å². The fourth-order valence-corrected chi connectivity index (χ4v) is 15.4. The van der Waals surface area contributed by atoms with Gasteiger partial charge in [-0.05, 0) is 145 Å². The number of aromatic nitrogens is 4. The number of anilines is 6. The van der Waals surface area contributed by atoms with Crippen molar-refractivity contribution >= 4 is 101 Å². The van der Waals surface area contributed by atoms with Crippen molar-refractivity contribution in [2.75, 3.05) is 9.80 Å². The summed E-state index contributed by atoms with van der Waals surface area (Å²) in [5.74, 6) is 0. The standard InChI is InChI=1S/C90H69BN6/c1-89(2,3)64-40-46-80-70(50-64)71-51-65(90(4,5)6)41-47-81(71)95(80)67-43-45-77-83(53-67)97(88-74(61-32-18-10-19-33-61)56-93-57-75(88)62-34-20-11-21-35-62)85-49-63(58-26-12-7-13-27-58)48-84-86(85)91(77)76-44-42-66(94-78-38-24-22-36-68(78)69-37-23-25-39-79(69)94)52-82(76)96(84)87-72(59-28-14-8-15-29-59)54-92-55-73(87)60-30-16-9-17-31-60/h7-57H,1-6H3/i7D,12D,13D,26D,27D. The molecule has 6 heterocycles. The van der Waals surface area contributed by atoms with Gasteiger partial charge in [0, 0.05) is 103 Å². The van der Waals surface area contributed by atoms with Crippen LogP contribution in [0, 0.1) is 0 Å². The number of para-hydroxylation sites is 2. The predicted molar refractivity (Wildman–Crippen MR) is 409 cm³/mol. The van der Waals surface area contributed by atoms with Gasteiger partial charge in [-0.15, -0.1) is 0 Å². The van der Waals surface area contributed by atoms with Crippen molar-refractivity contribution in [3.8, 4) is 67.0 Å². The maximum atomic E-state index is 10.00. The van der Waals surface area contributed by atoms with E-state index in [4.69, 9.17) is 11.3 Å². The van der Waals surface area contributed by atoms with Gasteiger partial charge in [-0.1, -0.05) is 254 Å². The van der Waals surface area contributed by atoms with Gasteiger partial charge in [-0.25, -0.2) is 0 Å². The minimum Gasteiger partial charge on any atom is -0.310 e. The van der Waals surface area contributed by atoms with E-state index in [0.717, 1.165) is 139 Å². The second kappa shape index (κ2) is 22.4. The van der Waals surface area contributed by atoms with Crippen molar-refractivity contribution in [3.63, 3.8) is 0 Å². The highest BCUT2D eigenvalue weighted by Gasteiger charge is 2.46. The summed E-state index contributed by atoms with van der Waals surface area (Å²) in [5, 5.41) is 4.62. The quantitative estimate of drug-likeness (QED) is 0.135. The molecule has 12 aromatic carbocycles. The van der Waals surface area contributed by atoms with E-state index in [0.29, 0.717) is 5.56 Å². The third-order valence-corrected chi connectivity index (χ3v) is 20.0. The summed E-state index contributed by atoms with van der Waals surface area (Å²) < 4.78 is 52.6. The number of benzene rings is 12. The van der Waals surface area contributed by atoms with Crippen LogP contribution in [0.15, 0.2) is 310 Å². The topological polar surface area (TPSA) is 42.1 Å². The Morgan fingerprint density at radius 1 is 0.320 bits per heavy atom. The van der Waals surface area contributed by atoms with E-state index in [1.807, 2.05) is 49.1 Å². The zero-order valence-electron chi connectivity index (χ0n) is 59.8. The molecule has 0 atom stereocenters. The van der Waals surface area contributed by atoms with E-state index in [2.05, 4.69) is 291 Å². The second-order valence-corrected chi connectivity index (χ2v) is 27.8. The molecule has 7 heteroatoms. The molecule has 0 radical (unpaired) electrons. The molecule has 4 aromatic heterocycles. The van der Waals surface area contributed by atoms with Crippen molar-refractivity contribution < 1.29 is 6.85 Å². The molecule has 0 unspecified atom stereocenters. The minimum atomic E-state index is -0.478. The predicted octanol–water partition coefficient (Wildman–Crippen LogP) is 21.7. The molecule has 0 spiro atoms. The van der Waals surface area contributed by atoms with Crippen molar-refractivity contribution in [1.29, 1.82) is 0 Å².